The molecule has 1 aliphatic carbocycles. The van der Waals surface area contributed by atoms with E-state index >= 15 is 0 Å². The molecule has 1 aliphatic heterocycles. The van der Waals surface area contributed by atoms with Gasteiger partial charge in [0, 0.05) is 18.8 Å². The first-order chi connectivity index (χ1) is 16.0. The highest BCUT2D eigenvalue weighted by molar-refractivity contribution is 7.89. The monoisotopic (exact) mass is 496 g/mol. The number of benzene rings is 1. The Kier molecular flexibility index (Phi) is 8.59. The summed E-state index contributed by atoms with van der Waals surface area (Å²) in [5.41, 5.74) is 0.501. The molecule has 3 rings (SSSR count). The van der Waals surface area contributed by atoms with E-state index in [2.05, 4.69) is 26.1 Å². The third-order valence-corrected chi connectivity index (χ3v) is 8.59. The van der Waals surface area contributed by atoms with Gasteiger partial charge >= 0.3 is 5.97 Å². The predicted octanol–water partition coefficient (Wildman–Crippen LogP) is 3.05. The van der Waals surface area contributed by atoms with E-state index in [1.807, 2.05) is 0 Å². The van der Waals surface area contributed by atoms with E-state index in [1.165, 1.54) is 23.5 Å². The SMILES string of the molecule is COc1ccc(NC(=O)COC(=O)C2CCC(C(C)(C)C)CC2)cc1S(=O)(=O)N1CCOCC1. The number of esters is 1. The van der Waals surface area contributed by atoms with Crippen LogP contribution >= 0.6 is 0 Å². The summed E-state index contributed by atoms with van der Waals surface area (Å²) >= 11 is 0. The van der Waals surface area contributed by atoms with Gasteiger partial charge in [-0.05, 0) is 55.2 Å². The smallest absolute Gasteiger partial charge is 0.309 e. The van der Waals surface area contributed by atoms with Crippen molar-refractivity contribution in [2.24, 2.45) is 17.3 Å². The van der Waals surface area contributed by atoms with Crippen LogP contribution in [0.5, 0.6) is 5.75 Å². The molecule has 0 radical (unpaired) electrons. The summed E-state index contributed by atoms with van der Waals surface area (Å²) in [4.78, 5) is 24.8. The first-order valence-electron chi connectivity index (χ1n) is 11.7. The molecule has 1 aromatic rings. The zero-order valence-corrected chi connectivity index (χ0v) is 21.3. The Labute approximate surface area is 202 Å². The molecule has 0 unspecified atom stereocenters. The van der Waals surface area contributed by atoms with Crippen molar-refractivity contribution < 1.29 is 32.2 Å². The van der Waals surface area contributed by atoms with Crippen molar-refractivity contribution in [3.8, 4) is 5.75 Å². The zero-order chi connectivity index (χ0) is 24.9. The normalized spacial score (nSPS) is 22.1. The van der Waals surface area contributed by atoms with Gasteiger partial charge in [0.1, 0.15) is 10.6 Å². The van der Waals surface area contributed by atoms with E-state index in [4.69, 9.17) is 14.2 Å². The van der Waals surface area contributed by atoms with Gasteiger partial charge in [0.05, 0.1) is 26.2 Å². The average molecular weight is 497 g/mol. The lowest BCUT2D eigenvalue weighted by Gasteiger charge is -2.36. The number of carbonyl (C=O) groups excluding carboxylic acids is 2. The Morgan fingerprint density at radius 2 is 1.76 bits per heavy atom. The van der Waals surface area contributed by atoms with Crippen LogP contribution in [0.2, 0.25) is 0 Å². The summed E-state index contributed by atoms with van der Waals surface area (Å²) in [6.07, 6.45) is 3.48. The molecule has 1 N–H and O–H groups in total. The van der Waals surface area contributed by atoms with E-state index in [1.54, 1.807) is 6.07 Å². The summed E-state index contributed by atoms with van der Waals surface area (Å²) in [6.45, 7) is 7.37. The molecule has 0 atom stereocenters. The molecule has 9 nitrogen and oxygen atoms in total. The number of rotatable bonds is 7. The number of carbonyl (C=O) groups is 2. The number of sulfonamides is 1. The summed E-state index contributed by atoms with van der Waals surface area (Å²) in [5, 5.41) is 2.61. The van der Waals surface area contributed by atoms with Gasteiger partial charge < -0.3 is 19.5 Å². The average Bonchev–Trinajstić information content (AvgIpc) is 2.82. The Bertz CT molecular complexity index is 974. The lowest BCUT2D eigenvalue weighted by molar-refractivity contribution is -0.153. The van der Waals surface area contributed by atoms with Crippen molar-refractivity contribution in [2.45, 2.75) is 51.3 Å². The molecule has 190 valence electrons. The second kappa shape index (κ2) is 11.0. The van der Waals surface area contributed by atoms with E-state index in [0.717, 1.165) is 25.7 Å². The Hall–Kier alpha value is -2.17. The summed E-state index contributed by atoms with van der Waals surface area (Å²) in [7, 11) is -2.44. The van der Waals surface area contributed by atoms with Gasteiger partial charge in [-0.15, -0.1) is 0 Å². The molecular formula is C24H36N2O7S. The number of methoxy groups -OCH3 is 1. The zero-order valence-electron chi connectivity index (χ0n) is 20.5. The maximum Gasteiger partial charge on any atom is 0.309 e. The van der Waals surface area contributed by atoms with Gasteiger partial charge in [0.15, 0.2) is 6.61 Å². The summed E-state index contributed by atoms with van der Waals surface area (Å²) in [5.74, 6) is -0.304. The topological polar surface area (TPSA) is 111 Å². The minimum atomic E-state index is -3.83. The molecule has 34 heavy (non-hydrogen) atoms. The van der Waals surface area contributed by atoms with E-state index in [-0.39, 0.29) is 46.7 Å². The second-order valence-electron chi connectivity index (χ2n) is 9.95. The predicted molar refractivity (Wildman–Crippen MR) is 127 cm³/mol. The standard InChI is InChI=1S/C24H36N2O7S/c1-24(2,3)18-7-5-17(6-8-18)23(28)33-16-22(27)25-19-9-10-20(31-4)21(15-19)34(29,30)26-11-13-32-14-12-26/h9-10,15,17-18H,5-8,11-14,16H2,1-4H3,(H,25,27). The van der Waals surface area contributed by atoms with E-state index < -0.39 is 22.5 Å². The fourth-order valence-electron chi connectivity index (χ4n) is 4.53. The minimum absolute atomic E-state index is 0.0395. The summed E-state index contributed by atoms with van der Waals surface area (Å²) in [6, 6.07) is 4.39. The Morgan fingerprint density at radius 3 is 2.35 bits per heavy atom. The van der Waals surface area contributed by atoms with Crippen LogP contribution < -0.4 is 10.1 Å². The molecule has 1 heterocycles. The Balaban J connectivity index is 1.58. The van der Waals surface area contributed by atoms with Crippen LogP contribution in [0.4, 0.5) is 5.69 Å². The number of hydrogen-bond donors (Lipinski definition) is 1. The van der Waals surface area contributed by atoms with Gasteiger partial charge in [0.25, 0.3) is 5.91 Å². The first kappa shape index (κ1) is 26.4. The highest BCUT2D eigenvalue weighted by Gasteiger charge is 2.33. The van der Waals surface area contributed by atoms with Crippen molar-refractivity contribution in [3.63, 3.8) is 0 Å². The molecule has 1 saturated carbocycles. The number of anilines is 1. The van der Waals surface area contributed by atoms with E-state index in [0.29, 0.717) is 19.1 Å². The maximum atomic E-state index is 13.1. The lowest BCUT2D eigenvalue weighted by atomic mass is 9.70. The van der Waals surface area contributed by atoms with Crippen molar-refractivity contribution in [1.82, 2.24) is 4.31 Å². The number of nitrogens with one attached hydrogen (secondary N) is 1. The quantitative estimate of drug-likeness (QED) is 0.578. The van der Waals surface area contributed by atoms with Gasteiger partial charge in [-0.3, -0.25) is 9.59 Å². The molecule has 10 heteroatoms. The number of morpholine rings is 1. The second-order valence-corrected chi connectivity index (χ2v) is 11.9. The first-order valence-corrected chi connectivity index (χ1v) is 13.2. The van der Waals surface area contributed by atoms with Crippen LogP contribution in [-0.2, 0) is 29.1 Å². The van der Waals surface area contributed by atoms with Gasteiger partial charge in [-0.2, -0.15) is 4.31 Å². The van der Waals surface area contributed by atoms with Crippen LogP contribution in [0.1, 0.15) is 46.5 Å². The third kappa shape index (κ3) is 6.49. The maximum absolute atomic E-state index is 13.1. The van der Waals surface area contributed by atoms with Crippen LogP contribution in [0, 0.1) is 17.3 Å². The number of nitrogens with zero attached hydrogens (tertiary/aromatic N) is 1. The lowest BCUT2D eigenvalue weighted by Crippen LogP contribution is -2.40. The largest absolute Gasteiger partial charge is 0.495 e. The van der Waals surface area contributed by atoms with Crippen molar-refractivity contribution in [2.75, 3.05) is 45.3 Å². The molecule has 0 bridgehead atoms. The van der Waals surface area contributed by atoms with Crippen molar-refractivity contribution >= 4 is 27.6 Å². The van der Waals surface area contributed by atoms with Crippen molar-refractivity contribution in [3.05, 3.63) is 18.2 Å². The van der Waals surface area contributed by atoms with Crippen LogP contribution in [0.15, 0.2) is 23.1 Å². The Morgan fingerprint density at radius 1 is 1.12 bits per heavy atom. The minimum Gasteiger partial charge on any atom is -0.495 e. The fraction of sp³-hybridized carbons (Fsp3) is 0.667. The molecule has 2 fully saturated rings. The molecule has 0 aromatic heterocycles. The molecule has 1 aromatic carbocycles. The summed E-state index contributed by atoms with van der Waals surface area (Å²) < 4.78 is 43.2. The van der Waals surface area contributed by atoms with Crippen LogP contribution in [-0.4, -0.2) is 64.6 Å². The van der Waals surface area contributed by atoms with Crippen molar-refractivity contribution in [1.29, 1.82) is 0 Å². The highest BCUT2D eigenvalue weighted by Crippen LogP contribution is 2.40. The fourth-order valence-corrected chi connectivity index (χ4v) is 6.12. The number of hydrogen-bond acceptors (Lipinski definition) is 7. The van der Waals surface area contributed by atoms with E-state index in [9.17, 15) is 18.0 Å². The molecule has 0 spiro atoms. The highest BCUT2D eigenvalue weighted by atomic mass is 32.2. The third-order valence-electron chi connectivity index (χ3n) is 6.67. The molecular weight excluding hydrogens is 460 g/mol. The van der Waals surface area contributed by atoms with Gasteiger partial charge in [-0.25, -0.2) is 8.42 Å². The number of amides is 1. The number of ether oxygens (including phenoxy) is 3. The molecule has 2 aliphatic rings. The van der Waals surface area contributed by atoms with Crippen LogP contribution in [0.3, 0.4) is 0 Å². The van der Waals surface area contributed by atoms with Crippen LogP contribution in [0.25, 0.3) is 0 Å². The molecule has 1 saturated heterocycles. The van der Waals surface area contributed by atoms with Gasteiger partial charge in [-0.1, -0.05) is 20.8 Å². The van der Waals surface area contributed by atoms with Gasteiger partial charge in [0.2, 0.25) is 10.0 Å². The molecule has 1 amide bonds.